The number of sulfonamides is 1. The fourth-order valence-electron chi connectivity index (χ4n) is 1.35. The zero-order valence-electron chi connectivity index (χ0n) is 10.8. The Kier molecular flexibility index (Phi) is 4.99. The molecule has 0 unspecified atom stereocenters. The summed E-state index contributed by atoms with van der Waals surface area (Å²) in [6.45, 7) is 2.51. The maximum atomic E-state index is 12.5. The number of halogens is 3. The van der Waals surface area contributed by atoms with Crippen molar-refractivity contribution in [3.05, 3.63) is 27.2 Å². The quantitative estimate of drug-likeness (QED) is 0.895. The van der Waals surface area contributed by atoms with E-state index in [9.17, 15) is 13.2 Å². The molecule has 0 bridgehead atoms. The molecular formula is C11H12Cl3NO4S. The lowest BCUT2D eigenvalue weighted by Crippen LogP contribution is -2.50. The number of carbonyl (C=O) groups is 1. The van der Waals surface area contributed by atoms with Crippen molar-refractivity contribution in [2.45, 2.75) is 24.3 Å². The molecule has 0 amide bonds. The number of aliphatic carboxylic acids is 1. The van der Waals surface area contributed by atoms with Gasteiger partial charge in [-0.05, 0) is 26.0 Å². The highest BCUT2D eigenvalue weighted by Gasteiger charge is 2.41. The molecule has 1 rings (SSSR count). The van der Waals surface area contributed by atoms with Crippen molar-refractivity contribution in [3.63, 3.8) is 0 Å². The smallest absolute Gasteiger partial charge is 0.324 e. The summed E-state index contributed by atoms with van der Waals surface area (Å²) >= 11 is 17.5. The maximum Gasteiger partial charge on any atom is 0.324 e. The zero-order valence-corrected chi connectivity index (χ0v) is 13.9. The van der Waals surface area contributed by atoms with Crippen LogP contribution in [0.4, 0.5) is 0 Å². The highest BCUT2D eigenvalue weighted by molar-refractivity contribution is 7.89. The summed E-state index contributed by atoms with van der Waals surface area (Å²) in [5, 5.41) is 8.95. The van der Waals surface area contributed by atoms with Gasteiger partial charge in [0.25, 0.3) is 0 Å². The molecule has 0 radical (unpaired) electrons. The van der Waals surface area contributed by atoms with E-state index in [1.165, 1.54) is 26.0 Å². The van der Waals surface area contributed by atoms with Crippen LogP contribution in [0.15, 0.2) is 17.0 Å². The van der Waals surface area contributed by atoms with Crippen LogP contribution in [0.2, 0.25) is 15.1 Å². The number of hydrogen-bond acceptors (Lipinski definition) is 3. The molecule has 0 spiro atoms. The number of nitrogens with zero attached hydrogens (tertiary/aromatic N) is 1. The molecule has 0 atom stereocenters. The van der Waals surface area contributed by atoms with Gasteiger partial charge in [0.1, 0.15) is 10.4 Å². The van der Waals surface area contributed by atoms with Gasteiger partial charge in [-0.2, -0.15) is 4.31 Å². The Labute approximate surface area is 132 Å². The van der Waals surface area contributed by atoms with Crippen LogP contribution in [0.1, 0.15) is 13.8 Å². The van der Waals surface area contributed by atoms with Gasteiger partial charge < -0.3 is 5.11 Å². The fourth-order valence-corrected chi connectivity index (χ4v) is 4.31. The lowest BCUT2D eigenvalue weighted by molar-refractivity contribution is -0.145. The van der Waals surface area contributed by atoms with E-state index in [1.54, 1.807) is 0 Å². The van der Waals surface area contributed by atoms with E-state index in [-0.39, 0.29) is 20.0 Å². The highest BCUT2D eigenvalue weighted by Crippen LogP contribution is 2.36. The number of rotatable bonds is 4. The molecule has 0 aliphatic carbocycles. The second-order valence-corrected chi connectivity index (χ2v) is 7.69. The molecule has 1 aromatic carbocycles. The minimum atomic E-state index is -4.19. The van der Waals surface area contributed by atoms with Crippen molar-refractivity contribution in [2.75, 3.05) is 7.05 Å². The summed E-state index contributed by atoms with van der Waals surface area (Å²) < 4.78 is 25.7. The van der Waals surface area contributed by atoms with Crippen molar-refractivity contribution >= 4 is 50.8 Å². The van der Waals surface area contributed by atoms with E-state index in [4.69, 9.17) is 39.9 Å². The Balaban J connectivity index is 3.50. The first-order valence-electron chi connectivity index (χ1n) is 5.29. The summed E-state index contributed by atoms with van der Waals surface area (Å²) in [5.41, 5.74) is -1.66. The maximum absolute atomic E-state index is 12.5. The number of carboxylic acids is 1. The Morgan fingerprint density at radius 3 is 1.95 bits per heavy atom. The van der Waals surface area contributed by atoms with Crippen LogP contribution in [-0.4, -0.2) is 36.4 Å². The summed E-state index contributed by atoms with van der Waals surface area (Å²) in [7, 11) is -3.05. The van der Waals surface area contributed by atoms with Gasteiger partial charge in [-0.3, -0.25) is 4.79 Å². The molecule has 0 saturated carbocycles. The molecule has 0 aliphatic heterocycles. The van der Waals surface area contributed by atoms with E-state index in [0.717, 1.165) is 7.05 Å². The van der Waals surface area contributed by atoms with Gasteiger partial charge in [-0.1, -0.05) is 34.8 Å². The Hall–Kier alpha value is -0.530. The average Bonchev–Trinajstić information content (AvgIpc) is 2.25. The number of hydrogen-bond donors (Lipinski definition) is 1. The predicted octanol–water partition coefficient (Wildman–Crippen LogP) is 3.13. The van der Waals surface area contributed by atoms with Crippen LogP contribution in [0, 0.1) is 0 Å². The van der Waals surface area contributed by atoms with Crippen LogP contribution in [0.5, 0.6) is 0 Å². The first-order chi connectivity index (χ1) is 8.92. The lowest BCUT2D eigenvalue weighted by Gasteiger charge is -2.31. The molecule has 1 aromatic rings. The van der Waals surface area contributed by atoms with Crippen LogP contribution in [-0.2, 0) is 14.8 Å². The molecular weight excluding hydrogens is 349 g/mol. The second kappa shape index (κ2) is 5.69. The average molecular weight is 361 g/mol. The van der Waals surface area contributed by atoms with Crippen molar-refractivity contribution in [1.82, 2.24) is 4.31 Å². The van der Waals surface area contributed by atoms with E-state index in [1.807, 2.05) is 0 Å². The van der Waals surface area contributed by atoms with Crippen molar-refractivity contribution in [1.29, 1.82) is 0 Å². The standard InChI is InChI=1S/C11H12Cl3NO4S/c1-11(2,10(16)17)15(3)20(18,19)9-7(13)4-6(12)5-8(9)14/h4-5H,1-3H3,(H,16,17). The molecule has 1 N–H and O–H groups in total. The Morgan fingerprint density at radius 2 is 1.60 bits per heavy atom. The van der Waals surface area contributed by atoms with Crippen molar-refractivity contribution in [2.24, 2.45) is 0 Å². The molecule has 0 aliphatic rings. The van der Waals surface area contributed by atoms with E-state index >= 15 is 0 Å². The van der Waals surface area contributed by atoms with Crippen LogP contribution in [0.25, 0.3) is 0 Å². The summed E-state index contributed by atoms with van der Waals surface area (Å²) in [6.07, 6.45) is 0. The van der Waals surface area contributed by atoms with Crippen LogP contribution >= 0.6 is 34.8 Å². The van der Waals surface area contributed by atoms with Gasteiger partial charge in [0.05, 0.1) is 10.0 Å². The zero-order chi connectivity index (χ0) is 15.9. The molecule has 5 nitrogen and oxygen atoms in total. The molecule has 20 heavy (non-hydrogen) atoms. The number of likely N-dealkylation sites (N-methyl/N-ethyl adjacent to an activating group) is 1. The minimum absolute atomic E-state index is 0.171. The predicted molar refractivity (Wildman–Crippen MR) is 78.1 cm³/mol. The number of benzene rings is 1. The summed E-state index contributed by atoms with van der Waals surface area (Å²) in [4.78, 5) is 10.8. The number of carboxylic acid groups (broad SMARTS) is 1. The van der Waals surface area contributed by atoms with Gasteiger partial charge in [-0.25, -0.2) is 8.42 Å². The third-order valence-corrected chi connectivity index (χ3v) is 6.06. The third-order valence-electron chi connectivity index (χ3n) is 2.89. The molecule has 0 aromatic heterocycles. The van der Waals surface area contributed by atoms with Crippen molar-refractivity contribution < 1.29 is 18.3 Å². The molecule has 0 saturated heterocycles. The topological polar surface area (TPSA) is 74.7 Å². The monoisotopic (exact) mass is 359 g/mol. The van der Waals surface area contributed by atoms with E-state index in [0.29, 0.717) is 4.31 Å². The lowest BCUT2D eigenvalue weighted by atomic mass is 10.1. The minimum Gasteiger partial charge on any atom is -0.480 e. The molecule has 9 heteroatoms. The van der Waals surface area contributed by atoms with Gasteiger partial charge in [-0.15, -0.1) is 0 Å². The first kappa shape index (κ1) is 17.5. The van der Waals surface area contributed by atoms with Gasteiger partial charge in [0.15, 0.2) is 0 Å². The molecule has 0 fully saturated rings. The Bertz CT molecular complexity index is 635. The third kappa shape index (κ3) is 3.04. The van der Waals surface area contributed by atoms with Crippen LogP contribution < -0.4 is 0 Å². The fraction of sp³-hybridized carbons (Fsp3) is 0.364. The largest absolute Gasteiger partial charge is 0.480 e. The van der Waals surface area contributed by atoms with E-state index < -0.39 is 21.5 Å². The first-order valence-corrected chi connectivity index (χ1v) is 7.86. The van der Waals surface area contributed by atoms with Gasteiger partial charge >= 0.3 is 5.97 Å². The summed E-state index contributed by atoms with van der Waals surface area (Å²) in [5.74, 6) is -1.30. The van der Waals surface area contributed by atoms with Gasteiger partial charge in [0.2, 0.25) is 10.0 Å². The molecule has 0 heterocycles. The van der Waals surface area contributed by atoms with E-state index in [2.05, 4.69) is 0 Å². The van der Waals surface area contributed by atoms with Gasteiger partial charge in [0, 0.05) is 12.1 Å². The Morgan fingerprint density at radius 1 is 1.20 bits per heavy atom. The normalized spacial score (nSPS) is 12.8. The summed E-state index contributed by atoms with van der Waals surface area (Å²) in [6, 6.07) is 2.45. The van der Waals surface area contributed by atoms with Crippen molar-refractivity contribution in [3.8, 4) is 0 Å². The second-order valence-electron chi connectivity index (χ2n) is 4.54. The molecule has 112 valence electrons. The SMILES string of the molecule is CN(C(C)(C)C(=O)O)S(=O)(=O)c1c(Cl)cc(Cl)cc1Cl. The van der Waals surface area contributed by atoms with Crippen LogP contribution in [0.3, 0.4) is 0 Å². The highest BCUT2D eigenvalue weighted by atomic mass is 35.5.